The normalized spacial score (nSPS) is 13.4. The topological polar surface area (TPSA) is 47.0 Å². The van der Waals surface area contributed by atoms with E-state index in [-0.39, 0.29) is 12.0 Å². The first-order valence-electron chi connectivity index (χ1n) is 11.9. The first-order chi connectivity index (χ1) is 16.5. The first-order valence-corrected chi connectivity index (χ1v) is 11.9. The third kappa shape index (κ3) is 6.37. The molecule has 0 fully saturated rings. The summed E-state index contributed by atoms with van der Waals surface area (Å²) in [6.07, 6.45) is 1.10. The number of aliphatic hydroxyl groups excluding tert-OH is 1. The minimum absolute atomic E-state index is 0.0908. The fraction of sp³-hybridized carbons (Fsp3) is 0.267. The van der Waals surface area contributed by atoms with Crippen LogP contribution in [0.1, 0.15) is 36.3 Å². The Kier molecular flexibility index (Phi) is 7.84. The highest BCUT2D eigenvalue weighted by atomic mass is 16.5. The van der Waals surface area contributed by atoms with Crippen molar-refractivity contribution in [3.8, 4) is 5.75 Å². The molecule has 0 spiro atoms. The van der Waals surface area contributed by atoms with Crippen molar-refractivity contribution in [2.75, 3.05) is 13.2 Å². The molecule has 0 amide bonds. The van der Waals surface area contributed by atoms with E-state index in [0.717, 1.165) is 18.1 Å². The Balaban J connectivity index is 1.34. The molecule has 1 heterocycles. The van der Waals surface area contributed by atoms with Gasteiger partial charge in [0.2, 0.25) is 0 Å². The fourth-order valence-corrected chi connectivity index (χ4v) is 4.32. The zero-order chi connectivity index (χ0) is 23.8. The third-order valence-corrected chi connectivity index (χ3v) is 6.34. The largest absolute Gasteiger partial charge is 0.491 e. The van der Waals surface area contributed by atoms with E-state index in [4.69, 9.17) is 9.15 Å². The van der Waals surface area contributed by atoms with Crippen LogP contribution < -0.4 is 9.64 Å². The second-order valence-electron chi connectivity index (χ2n) is 9.35. The summed E-state index contributed by atoms with van der Waals surface area (Å²) in [6.45, 7) is 6.78. The van der Waals surface area contributed by atoms with Gasteiger partial charge in [-0.2, -0.15) is 0 Å². The van der Waals surface area contributed by atoms with Gasteiger partial charge < -0.3 is 19.2 Å². The number of quaternary nitrogens is 1. The molecule has 1 unspecified atom stereocenters. The van der Waals surface area contributed by atoms with Gasteiger partial charge in [-0.05, 0) is 35.4 Å². The Morgan fingerprint density at radius 3 is 2.09 bits per heavy atom. The Morgan fingerprint density at radius 1 is 0.794 bits per heavy atom. The molecule has 0 saturated heterocycles. The quantitative estimate of drug-likeness (QED) is 0.346. The summed E-state index contributed by atoms with van der Waals surface area (Å²) in [6, 6.07) is 32.9. The number of ether oxygens (including phenoxy) is 1. The van der Waals surface area contributed by atoms with Crippen molar-refractivity contribution >= 4 is 0 Å². The van der Waals surface area contributed by atoms with Crippen LogP contribution >= 0.6 is 0 Å². The summed E-state index contributed by atoms with van der Waals surface area (Å²) in [5.41, 5.74) is 3.64. The monoisotopic (exact) mass is 456 g/mol. The molecule has 0 saturated carbocycles. The second-order valence-corrected chi connectivity index (χ2v) is 9.35. The molecule has 4 rings (SSSR count). The van der Waals surface area contributed by atoms with Crippen molar-refractivity contribution in [3.05, 3.63) is 126 Å². The van der Waals surface area contributed by atoms with Crippen molar-refractivity contribution < 1.29 is 19.2 Å². The Morgan fingerprint density at radius 2 is 1.44 bits per heavy atom. The van der Waals surface area contributed by atoms with E-state index in [1.807, 2.05) is 48.5 Å². The van der Waals surface area contributed by atoms with Crippen molar-refractivity contribution in [3.63, 3.8) is 0 Å². The minimum Gasteiger partial charge on any atom is -0.491 e. The summed E-state index contributed by atoms with van der Waals surface area (Å²) in [4.78, 5) is 1.22. The highest BCUT2D eigenvalue weighted by Crippen LogP contribution is 2.32. The SMILES string of the molecule is CC(C)(c1ccccc1)c1ccc(OC[C@H](O)C[NH+](Cc2ccccc2)Cc2ccco2)cc1. The van der Waals surface area contributed by atoms with E-state index in [1.165, 1.54) is 21.6 Å². The van der Waals surface area contributed by atoms with Gasteiger partial charge in [0, 0.05) is 11.0 Å². The van der Waals surface area contributed by atoms with Crippen LogP contribution in [0.5, 0.6) is 5.75 Å². The molecule has 1 aromatic heterocycles. The van der Waals surface area contributed by atoms with Crippen molar-refractivity contribution in [2.24, 2.45) is 0 Å². The number of benzene rings is 3. The molecule has 2 atom stereocenters. The number of hydrogen-bond acceptors (Lipinski definition) is 3. The Labute approximate surface area is 202 Å². The van der Waals surface area contributed by atoms with Crippen LogP contribution in [0.25, 0.3) is 0 Å². The summed E-state index contributed by atoms with van der Waals surface area (Å²) >= 11 is 0. The number of aliphatic hydroxyl groups is 1. The van der Waals surface area contributed by atoms with E-state index in [1.54, 1.807) is 6.26 Å². The lowest BCUT2D eigenvalue weighted by Crippen LogP contribution is -3.10. The summed E-state index contributed by atoms with van der Waals surface area (Å²) in [7, 11) is 0. The van der Waals surface area contributed by atoms with Crippen LogP contribution in [0.15, 0.2) is 108 Å². The van der Waals surface area contributed by atoms with Gasteiger partial charge in [-0.15, -0.1) is 0 Å². The van der Waals surface area contributed by atoms with Crippen LogP contribution in [0.3, 0.4) is 0 Å². The fourth-order valence-electron chi connectivity index (χ4n) is 4.32. The third-order valence-electron chi connectivity index (χ3n) is 6.34. The molecule has 0 radical (unpaired) electrons. The molecule has 0 aliphatic carbocycles. The van der Waals surface area contributed by atoms with Crippen molar-refractivity contribution in [1.82, 2.24) is 0 Å². The molecule has 4 heteroatoms. The molecule has 0 aliphatic rings. The minimum atomic E-state index is -0.589. The van der Waals surface area contributed by atoms with E-state index >= 15 is 0 Å². The lowest BCUT2D eigenvalue weighted by atomic mass is 9.78. The molecule has 176 valence electrons. The second kappa shape index (κ2) is 11.2. The lowest BCUT2D eigenvalue weighted by molar-refractivity contribution is -0.931. The lowest BCUT2D eigenvalue weighted by Gasteiger charge is -2.26. The van der Waals surface area contributed by atoms with E-state index in [0.29, 0.717) is 13.1 Å². The first kappa shape index (κ1) is 23.8. The van der Waals surface area contributed by atoms with Gasteiger partial charge in [-0.25, -0.2) is 0 Å². The Bertz CT molecular complexity index is 1110. The standard InChI is InChI=1S/C30H33NO3/c1-30(2,25-12-7-4-8-13-25)26-15-17-28(18-16-26)34-23-27(32)21-31(22-29-14-9-19-33-29)20-24-10-5-3-6-11-24/h3-19,27,32H,20-23H2,1-2H3/p+1/t27-/m1/s1. The van der Waals surface area contributed by atoms with Gasteiger partial charge in [0.05, 0.1) is 6.26 Å². The molecule has 4 aromatic rings. The van der Waals surface area contributed by atoms with Gasteiger partial charge in [-0.3, -0.25) is 0 Å². The average molecular weight is 457 g/mol. The van der Waals surface area contributed by atoms with Gasteiger partial charge in [0.15, 0.2) is 5.76 Å². The number of hydrogen-bond donors (Lipinski definition) is 2. The molecular formula is C30H34NO3+. The highest BCUT2D eigenvalue weighted by Gasteiger charge is 2.23. The molecule has 34 heavy (non-hydrogen) atoms. The van der Waals surface area contributed by atoms with Crippen molar-refractivity contribution in [2.45, 2.75) is 38.5 Å². The van der Waals surface area contributed by atoms with E-state index in [9.17, 15) is 5.11 Å². The van der Waals surface area contributed by atoms with Crippen LogP contribution in [0.2, 0.25) is 0 Å². The summed E-state index contributed by atoms with van der Waals surface area (Å²) in [5, 5.41) is 10.7. The van der Waals surface area contributed by atoms with Crippen LogP contribution in [0, 0.1) is 0 Å². The molecule has 0 bridgehead atoms. The van der Waals surface area contributed by atoms with Crippen LogP contribution in [0.4, 0.5) is 0 Å². The molecule has 2 N–H and O–H groups in total. The maximum Gasteiger partial charge on any atom is 0.157 e. The van der Waals surface area contributed by atoms with Gasteiger partial charge in [0.1, 0.15) is 38.1 Å². The van der Waals surface area contributed by atoms with Crippen LogP contribution in [-0.4, -0.2) is 24.4 Å². The zero-order valence-electron chi connectivity index (χ0n) is 20.0. The Hall–Kier alpha value is -3.34. The van der Waals surface area contributed by atoms with Crippen molar-refractivity contribution in [1.29, 1.82) is 0 Å². The molecule has 0 aliphatic heterocycles. The maximum atomic E-state index is 10.7. The number of rotatable bonds is 11. The summed E-state index contributed by atoms with van der Waals surface area (Å²) < 4.78 is 11.5. The van der Waals surface area contributed by atoms with Gasteiger partial charge >= 0.3 is 0 Å². The maximum absolute atomic E-state index is 10.7. The van der Waals surface area contributed by atoms with Crippen LogP contribution in [-0.2, 0) is 18.5 Å². The number of nitrogens with one attached hydrogen (secondary N) is 1. The molecule has 3 aromatic carbocycles. The summed E-state index contributed by atoms with van der Waals surface area (Å²) in [5.74, 6) is 1.68. The molecule has 4 nitrogen and oxygen atoms in total. The smallest absolute Gasteiger partial charge is 0.157 e. The highest BCUT2D eigenvalue weighted by molar-refractivity contribution is 5.39. The zero-order valence-corrected chi connectivity index (χ0v) is 20.0. The van der Waals surface area contributed by atoms with Gasteiger partial charge in [0.25, 0.3) is 0 Å². The predicted molar refractivity (Wildman–Crippen MR) is 135 cm³/mol. The average Bonchev–Trinajstić information content (AvgIpc) is 3.37. The number of furan rings is 1. The van der Waals surface area contributed by atoms with Gasteiger partial charge in [-0.1, -0.05) is 86.6 Å². The predicted octanol–water partition coefficient (Wildman–Crippen LogP) is 4.63. The molecular weight excluding hydrogens is 422 g/mol. The van der Waals surface area contributed by atoms with E-state index in [2.05, 4.69) is 62.4 Å². The van der Waals surface area contributed by atoms with E-state index < -0.39 is 6.10 Å².